The van der Waals surface area contributed by atoms with Gasteiger partial charge in [-0.2, -0.15) is 0 Å². The van der Waals surface area contributed by atoms with Crippen molar-refractivity contribution in [1.29, 1.82) is 0 Å². The maximum atomic E-state index is 9.75. The van der Waals surface area contributed by atoms with Gasteiger partial charge in [0.05, 0.1) is 6.26 Å². The fourth-order valence-electron chi connectivity index (χ4n) is 0.117. The van der Waals surface area contributed by atoms with Gasteiger partial charge in [0.15, 0.2) is 0 Å². The zero-order valence-electron chi connectivity index (χ0n) is 5.87. The monoisotopic (exact) mass is 142 g/mol. The van der Waals surface area contributed by atoms with Crippen molar-refractivity contribution in [1.82, 2.24) is 0 Å². The van der Waals surface area contributed by atoms with E-state index < -0.39 is 0 Å². The number of carbonyl (C=O) groups is 2. The molecule has 0 aliphatic heterocycles. The van der Waals surface area contributed by atoms with E-state index in [1.807, 2.05) is 0 Å². The van der Waals surface area contributed by atoms with Crippen LogP contribution >= 0.6 is 0 Å². The molecule has 0 aromatic heterocycles. The van der Waals surface area contributed by atoms with E-state index in [2.05, 4.69) is 17.9 Å². The number of aldehydes is 1. The van der Waals surface area contributed by atoms with Gasteiger partial charge in [0.1, 0.15) is 6.29 Å². The molecule has 0 atom stereocenters. The Balaban J connectivity index is 0. The van der Waals surface area contributed by atoms with Gasteiger partial charge in [0, 0.05) is 6.92 Å². The minimum atomic E-state index is -0.329. The van der Waals surface area contributed by atoms with E-state index in [9.17, 15) is 4.79 Å². The number of hydrogen-bond donors (Lipinski definition) is 0. The summed E-state index contributed by atoms with van der Waals surface area (Å²) in [6.45, 7) is 7.59. The van der Waals surface area contributed by atoms with Crippen LogP contribution in [0.2, 0.25) is 0 Å². The molecule has 0 fully saturated rings. The van der Waals surface area contributed by atoms with Crippen LogP contribution in [-0.4, -0.2) is 12.3 Å². The molecule has 0 amide bonds. The lowest BCUT2D eigenvalue weighted by molar-refractivity contribution is -0.135. The van der Waals surface area contributed by atoms with Gasteiger partial charge < -0.3 is 4.74 Å². The first-order chi connectivity index (χ1) is 4.68. The number of allylic oxidation sites excluding steroid dienone is 1. The molecule has 0 radical (unpaired) electrons. The third-order valence-corrected chi connectivity index (χ3v) is 0.346. The number of rotatable bonds is 2. The molecule has 0 spiro atoms. The van der Waals surface area contributed by atoms with E-state index in [0.29, 0.717) is 6.29 Å². The Labute approximate surface area is 60.0 Å². The largest absolute Gasteiger partial charge is 0.435 e. The van der Waals surface area contributed by atoms with E-state index in [-0.39, 0.29) is 5.97 Å². The third kappa shape index (κ3) is 30.5. The van der Waals surface area contributed by atoms with Gasteiger partial charge in [-0.05, 0) is 6.08 Å². The number of ether oxygens (including phenoxy) is 1. The average Bonchev–Trinajstić information content (AvgIpc) is 1.89. The van der Waals surface area contributed by atoms with Crippen molar-refractivity contribution in [3.05, 3.63) is 25.5 Å². The molecule has 0 heterocycles. The van der Waals surface area contributed by atoms with E-state index >= 15 is 0 Å². The highest BCUT2D eigenvalue weighted by molar-refractivity contribution is 5.66. The summed E-state index contributed by atoms with van der Waals surface area (Å²) in [5.41, 5.74) is 0. The molecule has 0 aromatic carbocycles. The first-order valence-corrected chi connectivity index (χ1v) is 2.53. The van der Waals surface area contributed by atoms with Crippen molar-refractivity contribution in [3.8, 4) is 0 Å². The second kappa shape index (κ2) is 10.6. The average molecular weight is 142 g/mol. The summed E-state index contributed by atoms with van der Waals surface area (Å²) < 4.78 is 4.17. The summed E-state index contributed by atoms with van der Waals surface area (Å²) in [6.07, 6.45) is 2.93. The van der Waals surface area contributed by atoms with Gasteiger partial charge in [-0.1, -0.05) is 13.2 Å². The third-order valence-electron chi connectivity index (χ3n) is 0.346. The zero-order chi connectivity index (χ0) is 8.41. The Morgan fingerprint density at radius 1 is 1.50 bits per heavy atom. The summed E-state index contributed by atoms with van der Waals surface area (Å²) in [6, 6.07) is 0. The number of carbonyl (C=O) groups excluding carboxylic acids is 2. The summed E-state index contributed by atoms with van der Waals surface area (Å²) in [5, 5.41) is 0. The molecule has 0 unspecified atom stereocenters. The fraction of sp³-hybridized carbons (Fsp3) is 0.143. The molecular weight excluding hydrogens is 132 g/mol. The Morgan fingerprint density at radius 2 is 1.90 bits per heavy atom. The lowest BCUT2D eigenvalue weighted by atomic mass is 10.8. The molecule has 56 valence electrons. The van der Waals surface area contributed by atoms with Gasteiger partial charge in [-0.25, -0.2) is 0 Å². The first kappa shape index (κ1) is 11.4. The smallest absolute Gasteiger partial charge is 0.307 e. The second-order valence-corrected chi connectivity index (χ2v) is 1.15. The van der Waals surface area contributed by atoms with E-state index in [1.54, 1.807) is 0 Å². The number of hydrogen-bond acceptors (Lipinski definition) is 3. The molecule has 0 rings (SSSR count). The van der Waals surface area contributed by atoms with Gasteiger partial charge in [0.2, 0.25) is 0 Å². The van der Waals surface area contributed by atoms with E-state index in [1.165, 1.54) is 13.0 Å². The molecular formula is C7H10O3. The summed E-state index contributed by atoms with van der Waals surface area (Å²) in [7, 11) is 0. The standard InChI is InChI=1S/C4H6O2.C3H4O/c1-3-6-4(2)5;1-2-3-4/h3H,1H2,2H3;2-3H,1H2. The van der Waals surface area contributed by atoms with Crippen molar-refractivity contribution < 1.29 is 14.3 Å². The van der Waals surface area contributed by atoms with Crippen LogP contribution in [-0.2, 0) is 14.3 Å². The predicted molar refractivity (Wildman–Crippen MR) is 38.2 cm³/mol. The molecule has 0 aliphatic rings. The topological polar surface area (TPSA) is 43.4 Å². The quantitative estimate of drug-likeness (QED) is 0.250. The summed E-state index contributed by atoms with van der Waals surface area (Å²) in [5.74, 6) is -0.329. The van der Waals surface area contributed by atoms with Crippen LogP contribution < -0.4 is 0 Å². The maximum Gasteiger partial charge on any atom is 0.307 e. The molecule has 0 aromatic rings. The lowest BCUT2D eigenvalue weighted by Gasteiger charge is -1.83. The van der Waals surface area contributed by atoms with Crippen LogP contribution in [0.5, 0.6) is 0 Å². The minimum Gasteiger partial charge on any atom is -0.435 e. The fourth-order valence-corrected chi connectivity index (χ4v) is 0.117. The van der Waals surface area contributed by atoms with Crippen molar-refractivity contribution in [2.24, 2.45) is 0 Å². The van der Waals surface area contributed by atoms with Crippen LogP contribution in [0.25, 0.3) is 0 Å². The van der Waals surface area contributed by atoms with Crippen LogP contribution in [0.15, 0.2) is 25.5 Å². The molecule has 0 N–H and O–H groups in total. The summed E-state index contributed by atoms with van der Waals surface area (Å²) in [4.78, 5) is 18.8. The SMILES string of the molecule is C=CC=O.C=COC(C)=O. The van der Waals surface area contributed by atoms with Crippen molar-refractivity contribution in [3.63, 3.8) is 0 Å². The van der Waals surface area contributed by atoms with Crippen LogP contribution in [0.3, 0.4) is 0 Å². The molecule has 10 heavy (non-hydrogen) atoms. The van der Waals surface area contributed by atoms with Crippen LogP contribution in [0, 0.1) is 0 Å². The van der Waals surface area contributed by atoms with Gasteiger partial charge >= 0.3 is 5.97 Å². The van der Waals surface area contributed by atoms with Crippen LogP contribution in [0.1, 0.15) is 6.92 Å². The normalized spacial score (nSPS) is 6.10. The molecule has 0 bridgehead atoms. The Bertz CT molecular complexity index is 121. The Hall–Kier alpha value is -1.38. The van der Waals surface area contributed by atoms with Crippen molar-refractivity contribution >= 4 is 12.3 Å². The molecule has 3 heteroatoms. The van der Waals surface area contributed by atoms with Crippen molar-refractivity contribution in [2.45, 2.75) is 6.92 Å². The minimum absolute atomic E-state index is 0.329. The number of esters is 1. The first-order valence-electron chi connectivity index (χ1n) is 2.53. The van der Waals surface area contributed by atoms with Gasteiger partial charge in [-0.3, -0.25) is 9.59 Å². The zero-order valence-corrected chi connectivity index (χ0v) is 5.87. The maximum absolute atomic E-state index is 9.75. The molecule has 0 saturated carbocycles. The molecule has 0 saturated heterocycles. The van der Waals surface area contributed by atoms with Gasteiger partial charge in [0.25, 0.3) is 0 Å². The van der Waals surface area contributed by atoms with Crippen LogP contribution in [0.4, 0.5) is 0 Å². The lowest BCUT2D eigenvalue weighted by Crippen LogP contribution is -1.87. The predicted octanol–water partition coefficient (Wildman–Crippen LogP) is 1.06. The van der Waals surface area contributed by atoms with E-state index in [4.69, 9.17) is 4.79 Å². The Morgan fingerprint density at radius 3 is 1.90 bits per heavy atom. The molecule has 3 nitrogen and oxygen atoms in total. The second-order valence-electron chi connectivity index (χ2n) is 1.15. The highest BCUT2D eigenvalue weighted by Gasteiger charge is 1.79. The molecule has 0 aliphatic carbocycles. The van der Waals surface area contributed by atoms with E-state index in [0.717, 1.165) is 6.26 Å². The van der Waals surface area contributed by atoms with Gasteiger partial charge in [-0.15, -0.1) is 0 Å². The highest BCUT2D eigenvalue weighted by atomic mass is 16.5. The van der Waals surface area contributed by atoms with Crippen molar-refractivity contribution in [2.75, 3.05) is 0 Å². The summed E-state index contributed by atoms with van der Waals surface area (Å²) >= 11 is 0. The highest BCUT2D eigenvalue weighted by Crippen LogP contribution is 1.70. The Kier molecular flexibility index (Phi) is 12.1.